The summed E-state index contributed by atoms with van der Waals surface area (Å²) in [6.45, 7) is 3.14. The summed E-state index contributed by atoms with van der Waals surface area (Å²) in [7, 11) is 1.67. The molecule has 0 radical (unpaired) electrons. The van der Waals surface area contributed by atoms with Crippen LogP contribution in [-0.4, -0.2) is 49.8 Å². The predicted octanol–water partition coefficient (Wildman–Crippen LogP) is 2.34. The molecule has 1 aromatic carbocycles. The molecule has 5 nitrogen and oxygen atoms in total. The lowest BCUT2D eigenvalue weighted by Gasteiger charge is -2.27. The molecule has 24 heavy (non-hydrogen) atoms. The summed E-state index contributed by atoms with van der Waals surface area (Å²) in [5.74, 6) is 1.04. The van der Waals surface area contributed by atoms with Crippen molar-refractivity contribution in [3.8, 4) is 5.75 Å². The molecule has 1 amide bonds. The number of ether oxygens (including phenoxy) is 2. The topological polar surface area (TPSA) is 50.8 Å². The van der Waals surface area contributed by atoms with E-state index in [0.717, 1.165) is 43.7 Å². The Bertz CT molecular complexity index is 537. The van der Waals surface area contributed by atoms with Crippen molar-refractivity contribution in [3.63, 3.8) is 0 Å². The zero-order chi connectivity index (χ0) is 16.8. The maximum atomic E-state index is 12.8. The van der Waals surface area contributed by atoms with E-state index in [1.165, 1.54) is 6.42 Å². The fraction of sp³-hybridized carbons (Fsp3) is 0.632. The van der Waals surface area contributed by atoms with E-state index in [-0.39, 0.29) is 12.0 Å². The Morgan fingerprint density at radius 3 is 3.00 bits per heavy atom. The third-order valence-corrected chi connectivity index (χ3v) is 4.89. The third kappa shape index (κ3) is 4.71. The maximum Gasteiger partial charge on any atom is 0.224 e. The molecule has 2 saturated heterocycles. The van der Waals surface area contributed by atoms with E-state index in [1.807, 2.05) is 29.2 Å². The summed E-state index contributed by atoms with van der Waals surface area (Å²) in [5, 5.41) is 3.42. The number of nitrogens with zero attached hydrogens (tertiary/aromatic N) is 1. The highest BCUT2D eigenvalue weighted by Gasteiger charge is 2.25. The van der Waals surface area contributed by atoms with Gasteiger partial charge < -0.3 is 19.7 Å². The van der Waals surface area contributed by atoms with Gasteiger partial charge in [-0.3, -0.25) is 4.79 Å². The van der Waals surface area contributed by atoms with E-state index >= 15 is 0 Å². The third-order valence-electron chi connectivity index (χ3n) is 4.89. The highest BCUT2D eigenvalue weighted by molar-refractivity contribution is 5.77. The lowest BCUT2D eigenvalue weighted by atomic mass is 10.1. The second-order valence-electron chi connectivity index (χ2n) is 6.76. The SMILES string of the molecule is COc1cccc(CN(CC2CCCO2)C(=O)CC2CCCN2)c1. The Labute approximate surface area is 144 Å². The Balaban J connectivity index is 1.66. The van der Waals surface area contributed by atoms with Gasteiger partial charge in [0.25, 0.3) is 0 Å². The fourth-order valence-electron chi connectivity index (χ4n) is 3.55. The summed E-state index contributed by atoms with van der Waals surface area (Å²) >= 11 is 0. The second-order valence-corrected chi connectivity index (χ2v) is 6.76. The van der Waals surface area contributed by atoms with Crippen LogP contribution < -0.4 is 10.1 Å². The van der Waals surface area contributed by atoms with Gasteiger partial charge in [-0.05, 0) is 49.9 Å². The van der Waals surface area contributed by atoms with E-state index in [1.54, 1.807) is 7.11 Å². The van der Waals surface area contributed by atoms with Crippen molar-refractivity contribution in [2.45, 2.75) is 50.8 Å². The first-order valence-corrected chi connectivity index (χ1v) is 9.00. The molecule has 2 fully saturated rings. The molecule has 0 aromatic heterocycles. The van der Waals surface area contributed by atoms with Crippen LogP contribution in [0.4, 0.5) is 0 Å². The lowest BCUT2D eigenvalue weighted by molar-refractivity contribution is -0.133. The van der Waals surface area contributed by atoms with E-state index in [0.29, 0.717) is 25.6 Å². The molecular formula is C19H28N2O3. The molecule has 1 N–H and O–H groups in total. The Morgan fingerprint density at radius 2 is 2.29 bits per heavy atom. The molecule has 0 spiro atoms. The van der Waals surface area contributed by atoms with Crippen LogP contribution in [-0.2, 0) is 16.1 Å². The second kappa shape index (κ2) is 8.49. The maximum absolute atomic E-state index is 12.8. The van der Waals surface area contributed by atoms with Crippen molar-refractivity contribution in [1.82, 2.24) is 10.2 Å². The van der Waals surface area contributed by atoms with Gasteiger partial charge in [0.2, 0.25) is 5.91 Å². The summed E-state index contributed by atoms with van der Waals surface area (Å²) < 4.78 is 11.1. The molecule has 2 atom stereocenters. The van der Waals surface area contributed by atoms with Crippen LogP contribution in [0.5, 0.6) is 5.75 Å². The quantitative estimate of drug-likeness (QED) is 0.833. The largest absolute Gasteiger partial charge is 0.497 e. The number of carbonyl (C=O) groups is 1. The highest BCUT2D eigenvalue weighted by Crippen LogP contribution is 2.19. The average molecular weight is 332 g/mol. The van der Waals surface area contributed by atoms with Crippen molar-refractivity contribution in [2.24, 2.45) is 0 Å². The summed E-state index contributed by atoms with van der Waals surface area (Å²) in [6, 6.07) is 8.28. The number of hydrogen-bond acceptors (Lipinski definition) is 4. The first-order chi connectivity index (χ1) is 11.7. The van der Waals surface area contributed by atoms with Gasteiger partial charge in [-0.15, -0.1) is 0 Å². The summed E-state index contributed by atoms with van der Waals surface area (Å²) in [6.07, 6.45) is 5.16. The number of hydrogen-bond donors (Lipinski definition) is 1. The average Bonchev–Trinajstić information content (AvgIpc) is 3.28. The number of rotatable bonds is 7. The number of amides is 1. The normalized spacial score (nSPS) is 23.4. The number of methoxy groups -OCH3 is 1. The molecule has 2 heterocycles. The smallest absolute Gasteiger partial charge is 0.224 e. The minimum atomic E-state index is 0.177. The Kier molecular flexibility index (Phi) is 6.10. The molecule has 0 aliphatic carbocycles. The Morgan fingerprint density at radius 1 is 1.38 bits per heavy atom. The van der Waals surface area contributed by atoms with Crippen LogP contribution in [0.15, 0.2) is 24.3 Å². The summed E-state index contributed by atoms with van der Waals surface area (Å²) in [4.78, 5) is 14.8. The highest BCUT2D eigenvalue weighted by atomic mass is 16.5. The van der Waals surface area contributed by atoms with Crippen LogP contribution in [0.1, 0.15) is 37.7 Å². The standard InChI is InChI=1S/C19H28N2O3/c1-23-17-7-2-5-15(11-17)13-21(14-18-8-4-10-24-18)19(22)12-16-6-3-9-20-16/h2,5,7,11,16,18,20H,3-4,6,8-10,12-14H2,1H3. The van der Waals surface area contributed by atoms with Crippen molar-refractivity contribution < 1.29 is 14.3 Å². The van der Waals surface area contributed by atoms with Crippen molar-refractivity contribution in [2.75, 3.05) is 26.8 Å². The van der Waals surface area contributed by atoms with Gasteiger partial charge in [-0.1, -0.05) is 12.1 Å². The number of benzene rings is 1. The summed E-state index contributed by atoms with van der Waals surface area (Å²) in [5.41, 5.74) is 1.10. The van der Waals surface area contributed by atoms with Crippen molar-refractivity contribution >= 4 is 5.91 Å². The van der Waals surface area contributed by atoms with Crippen LogP contribution in [0.2, 0.25) is 0 Å². The molecule has 0 saturated carbocycles. The van der Waals surface area contributed by atoms with Gasteiger partial charge in [-0.25, -0.2) is 0 Å². The van der Waals surface area contributed by atoms with Crippen molar-refractivity contribution in [1.29, 1.82) is 0 Å². The van der Waals surface area contributed by atoms with Gasteiger partial charge in [0.1, 0.15) is 5.75 Å². The molecule has 5 heteroatoms. The minimum absolute atomic E-state index is 0.177. The monoisotopic (exact) mass is 332 g/mol. The molecule has 1 aromatic rings. The Hall–Kier alpha value is -1.59. The van der Waals surface area contributed by atoms with Gasteiger partial charge in [0.15, 0.2) is 0 Å². The van der Waals surface area contributed by atoms with Crippen LogP contribution in [0, 0.1) is 0 Å². The predicted molar refractivity (Wildman–Crippen MR) is 93.0 cm³/mol. The first-order valence-electron chi connectivity index (χ1n) is 9.00. The van der Waals surface area contributed by atoms with Crippen LogP contribution in [0.25, 0.3) is 0 Å². The zero-order valence-corrected chi connectivity index (χ0v) is 14.5. The van der Waals surface area contributed by atoms with Gasteiger partial charge >= 0.3 is 0 Å². The first kappa shape index (κ1) is 17.2. The minimum Gasteiger partial charge on any atom is -0.497 e. The van der Waals surface area contributed by atoms with E-state index < -0.39 is 0 Å². The number of nitrogens with one attached hydrogen (secondary N) is 1. The molecule has 2 aliphatic rings. The van der Waals surface area contributed by atoms with Crippen molar-refractivity contribution in [3.05, 3.63) is 29.8 Å². The molecular weight excluding hydrogens is 304 g/mol. The fourth-order valence-corrected chi connectivity index (χ4v) is 3.55. The molecule has 0 bridgehead atoms. The molecule has 3 rings (SSSR count). The van der Waals surface area contributed by atoms with Gasteiger partial charge in [0.05, 0.1) is 13.2 Å². The van der Waals surface area contributed by atoms with Gasteiger partial charge in [0, 0.05) is 32.2 Å². The van der Waals surface area contributed by atoms with Crippen LogP contribution >= 0.6 is 0 Å². The zero-order valence-electron chi connectivity index (χ0n) is 14.5. The van der Waals surface area contributed by atoms with Gasteiger partial charge in [-0.2, -0.15) is 0 Å². The molecule has 2 aliphatic heterocycles. The van der Waals surface area contributed by atoms with E-state index in [2.05, 4.69) is 5.32 Å². The van der Waals surface area contributed by atoms with E-state index in [9.17, 15) is 4.79 Å². The molecule has 2 unspecified atom stereocenters. The lowest BCUT2D eigenvalue weighted by Crippen LogP contribution is -2.39. The van der Waals surface area contributed by atoms with E-state index in [4.69, 9.17) is 9.47 Å². The molecule has 132 valence electrons. The number of carbonyl (C=O) groups excluding carboxylic acids is 1. The van der Waals surface area contributed by atoms with Crippen LogP contribution in [0.3, 0.4) is 0 Å².